The fourth-order valence-electron chi connectivity index (χ4n) is 3.28. The summed E-state index contributed by atoms with van der Waals surface area (Å²) in [6.45, 7) is -0.385. The van der Waals surface area contributed by atoms with Crippen molar-refractivity contribution in [2.24, 2.45) is 0 Å². The van der Waals surface area contributed by atoms with Crippen molar-refractivity contribution in [2.75, 3.05) is 13.7 Å². The Morgan fingerprint density at radius 3 is 2.90 bits per heavy atom. The number of nitrogens with one attached hydrogen (secondary N) is 2. The smallest absolute Gasteiger partial charge is 0.176 e. The van der Waals surface area contributed by atoms with Crippen LogP contribution < -0.4 is 5.49 Å². The van der Waals surface area contributed by atoms with Crippen molar-refractivity contribution in [1.29, 1.82) is 5.41 Å². The molecule has 11 heteroatoms. The normalized spacial score (nSPS) is 24.9. The highest BCUT2D eigenvalue weighted by atomic mass is 35.5. The van der Waals surface area contributed by atoms with E-state index in [1.54, 1.807) is 16.7 Å². The Hall–Kier alpha value is -1.95. The summed E-state index contributed by atoms with van der Waals surface area (Å²) in [5.41, 5.74) is 1.44. The number of nitrogens with zero attached hydrogens (tertiary/aromatic N) is 3. The number of benzene rings is 1. The van der Waals surface area contributed by atoms with Crippen LogP contribution in [-0.4, -0.2) is 61.8 Å². The van der Waals surface area contributed by atoms with Gasteiger partial charge in [-0.15, -0.1) is 0 Å². The van der Waals surface area contributed by atoms with E-state index in [-0.39, 0.29) is 23.3 Å². The first-order chi connectivity index (χ1) is 14.4. The zero-order valence-corrected chi connectivity index (χ0v) is 17.0. The van der Waals surface area contributed by atoms with Gasteiger partial charge in [0.25, 0.3) is 0 Å². The van der Waals surface area contributed by atoms with Crippen LogP contribution in [0.2, 0.25) is 6.43 Å². The number of thioether (sulfide) groups is 1. The van der Waals surface area contributed by atoms with E-state index in [0.717, 1.165) is 10.5 Å². The summed E-state index contributed by atoms with van der Waals surface area (Å²) in [7, 11) is 1.44. The van der Waals surface area contributed by atoms with Crippen LogP contribution in [0.5, 0.6) is 0 Å². The molecule has 4 rings (SSSR count). The highest BCUT2D eigenvalue weighted by Gasteiger charge is 2.46. The molecule has 154 valence electrons. The van der Waals surface area contributed by atoms with Crippen LogP contribution in [0.4, 0.5) is 0 Å². The van der Waals surface area contributed by atoms with Crippen LogP contribution in [0.25, 0.3) is 11.2 Å². The number of fused-ring (bicyclic) bond motifs is 1. The van der Waals surface area contributed by atoms with Gasteiger partial charge in [0.2, 0.25) is 0 Å². The number of hydrogen-bond acceptors (Lipinski definition) is 8. The van der Waals surface area contributed by atoms with Crippen LogP contribution >= 0.6 is 23.4 Å². The Morgan fingerprint density at radius 1 is 1.45 bits per heavy atom. The quantitative estimate of drug-likeness (QED) is 0.428. The largest absolute Gasteiger partial charge is 0.394 e. The fourth-order valence-corrected chi connectivity index (χ4v) is 4.38. The van der Waals surface area contributed by atoms with Gasteiger partial charge in [0.15, 0.2) is 23.8 Å². The predicted octanol–water partition coefficient (Wildman–Crippen LogP) is 1.45. The molecule has 1 aromatic carbocycles. The molecule has 1 aliphatic heterocycles. The number of methoxy groups -OCH3 is 1. The van der Waals surface area contributed by atoms with Crippen molar-refractivity contribution < 1.29 is 21.1 Å². The zero-order chi connectivity index (χ0) is 21.4. The summed E-state index contributed by atoms with van der Waals surface area (Å²) in [4.78, 5) is 9.41. The Morgan fingerprint density at radius 2 is 2.21 bits per heavy atom. The number of hydrogen-bond donors (Lipinski definition) is 4. The molecule has 3 heterocycles. The number of rotatable bonds is 6. The Kier molecular flexibility index (Phi) is 5.53. The van der Waals surface area contributed by atoms with Gasteiger partial charge in [0, 0.05) is 17.9 Å². The Bertz CT molecular complexity index is 1110. The van der Waals surface area contributed by atoms with Gasteiger partial charge in [-0.25, -0.2) is 9.97 Å². The number of aliphatic hydroxyl groups excluding tert-OH is 2. The van der Waals surface area contributed by atoms with E-state index in [1.807, 2.05) is 12.1 Å². The first-order valence-corrected chi connectivity index (χ1v) is 10.2. The third-order valence-electron chi connectivity index (χ3n) is 4.75. The van der Waals surface area contributed by atoms with Crippen molar-refractivity contribution in [3.8, 4) is 0 Å². The van der Waals surface area contributed by atoms with Crippen LogP contribution in [0.15, 0.2) is 35.7 Å². The first-order valence-electron chi connectivity index (χ1n) is 9.27. The second-order valence-electron chi connectivity index (χ2n) is 6.51. The average molecular weight is 439 g/mol. The highest BCUT2D eigenvalue weighted by Crippen LogP contribution is 2.37. The maximum absolute atomic E-state index is 10.5. The van der Waals surface area contributed by atoms with Crippen molar-refractivity contribution in [3.63, 3.8) is 0 Å². The second-order valence-corrected chi connectivity index (χ2v) is 7.89. The lowest BCUT2D eigenvalue weighted by Gasteiger charge is -2.22. The van der Waals surface area contributed by atoms with Gasteiger partial charge >= 0.3 is 0 Å². The van der Waals surface area contributed by atoms with Gasteiger partial charge in [-0.3, -0.25) is 9.98 Å². The number of halogens is 1. The van der Waals surface area contributed by atoms with Crippen molar-refractivity contribution in [1.82, 2.24) is 19.5 Å². The minimum Gasteiger partial charge on any atom is -0.394 e. The van der Waals surface area contributed by atoms with E-state index >= 15 is 0 Å². The molecule has 1 fully saturated rings. The van der Waals surface area contributed by atoms with Crippen molar-refractivity contribution >= 4 is 34.5 Å². The summed E-state index contributed by atoms with van der Waals surface area (Å²) in [6.07, 6.45) is -2.35. The molecule has 4 atom stereocenters. The fraction of sp³-hybridized carbons (Fsp3) is 0.389. The molecule has 0 aliphatic carbocycles. The predicted molar refractivity (Wildman–Crippen MR) is 107 cm³/mol. The Labute approximate surface area is 176 Å². The molecular weight excluding hydrogens is 418 g/mol. The summed E-state index contributed by atoms with van der Waals surface area (Å²) >= 11 is 7.33. The van der Waals surface area contributed by atoms with Crippen molar-refractivity contribution in [3.05, 3.63) is 46.7 Å². The van der Waals surface area contributed by atoms with Gasteiger partial charge in [-0.2, -0.15) is 0 Å². The number of H-pyrrole nitrogens is 1. The molecule has 0 saturated carbocycles. The van der Waals surface area contributed by atoms with E-state index in [1.165, 1.54) is 25.2 Å². The number of aromatic amines is 1. The molecule has 0 amide bonds. The molecule has 2 aromatic heterocycles. The molecule has 3 aromatic rings. The SMILES string of the molecule is [2H]n1cnc(=N)c2nc(SCc3ccc(Cl)cc3)n([C@@H]3O[C@H](CO)[C@@H](O)[C@H]3OC)c21. The first kappa shape index (κ1) is 19.0. The highest BCUT2D eigenvalue weighted by molar-refractivity contribution is 7.98. The zero-order valence-electron chi connectivity index (χ0n) is 16.4. The van der Waals surface area contributed by atoms with E-state index < -0.39 is 24.5 Å². The minimum absolute atomic E-state index is 0.0770. The van der Waals surface area contributed by atoms with Crippen molar-refractivity contribution in [2.45, 2.75) is 35.4 Å². The van der Waals surface area contributed by atoms with Gasteiger partial charge in [-0.1, -0.05) is 35.5 Å². The molecule has 4 N–H and O–H groups in total. The molecule has 29 heavy (non-hydrogen) atoms. The van der Waals surface area contributed by atoms with E-state index in [0.29, 0.717) is 15.9 Å². The van der Waals surface area contributed by atoms with Gasteiger partial charge in [0.05, 0.1) is 12.9 Å². The molecule has 1 saturated heterocycles. The molecular formula is C18H20ClN5O4S. The number of aliphatic hydroxyl groups is 2. The van der Waals surface area contributed by atoms with E-state index in [2.05, 4.69) is 9.97 Å². The second kappa shape index (κ2) is 8.42. The maximum Gasteiger partial charge on any atom is 0.176 e. The number of imidazole rings is 1. The summed E-state index contributed by atoms with van der Waals surface area (Å²) in [5.74, 6) is 0.551. The number of ether oxygens (including phenoxy) is 2. The third kappa shape index (κ3) is 3.79. The molecule has 0 spiro atoms. The summed E-state index contributed by atoms with van der Waals surface area (Å²) < 4.78 is 21.2. The lowest BCUT2D eigenvalue weighted by Crippen LogP contribution is -2.34. The molecule has 1 aliphatic rings. The maximum atomic E-state index is 10.5. The lowest BCUT2D eigenvalue weighted by molar-refractivity contribution is -0.0623. The van der Waals surface area contributed by atoms with Crippen LogP contribution in [-0.2, 0) is 15.2 Å². The van der Waals surface area contributed by atoms with Crippen LogP contribution in [0, 0.1) is 5.41 Å². The monoisotopic (exact) mass is 438 g/mol. The van der Waals surface area contributed by atoms with Gasteiger partial charge in [0.1, 0.15) is 24.0 Å². The topological polar surface area (TPSA) is 129 Å². The minimum atomic E-state index is -1.06. The van der Waals surface area contributed by atoms with Crippen LogP contribution in [0.3, 0.4) is 0 Å². The van der Waals surface area contributed by atoms with E-state index in [9.17, 15) is 10.2 Å². The average Bonchev–Trinajstić information content (AvgIpc) is 3.28. The van der Waals surface area contributed by atoms with Gasteiger partial charge in [-0.05, 0) is 17.7 Å². The molecule has 0 unspecified atom stereocenters. The molecule has 0 radical (unpaired) electrons. The standard InChI is InChI=1S/C18H20ClN5O4S/c1-27-14-13(26)11(6-25)28-17(14)24-16-12(15(20)21-8-22-16)23-18(24)29-7-9-2-4-10(19)5-3-9/h2-5,8,11,13-14,17,25-26H,6-7H2,1H3,(H2,20,21,22)/t11-,13-,14-,17-/m1/s1/i/hD. The summed E-state index contributed by atoms with van der Waals surface area (Å²) in [6, 6.07) is 7.40. The number of aromatic nitrogens is 4. The lowest BCUT2D eigenvalue weighted by atomic mass is 10.1. The van der Waals surface area contributed by atoms with Gasteiger partial charge < -0.3 is 24.7 Å². The third-order valence-corrected chi connectivity index (χ3v) is 6.02. The molecule has 0 bridgehead atoms. The van der Waals surface area contributed by atoms with Crippen LogP contribution in [0.1, 0.15) is 11.8 Å². The molecule has 9 nitrogen and oxygen atoms in total. The van der Waals surface area contributed by atoms with E-state index in [4.69, 9.17) is 27.9 Å². The Balaban J connectivity index is 1.80. The summed E-state index contributed by atoms with van der Waals surface area (Å²) in [5, 5.41) is 29.2.